The van der Waals surface area contributed by atoms with Gasteiger partial charge in [0, 0.05) is 5.75 Å². The van der Waals surface area contributed by atoms with Crippen LogP contribution in [0.1, 0.15) is 11.5 Å². The molecule has 0 aliphatic carbocycles. The molecule has 1 heterocycles. The largest absolute Gasteiger partial charge is 0.379 e. The summed E-state index contributed by atoms with van der Waals surface area (Å²) in [6, 6.07) is 12.3. The predicted octanol–water partition coefficient (Wildman–Crippen LogP) is 2.43. The number of nitriles is 1. The van der Waals surface area contributed by atoms with Gasteiger partial charge < -0.3 is 4.74 Å². The molecule has 1 aliphatic rings. The Bertz CT molecular complexity index is 342. The summed E-state index contributed by atoms with van der Waals surface area (Å²) < 4.78 is 5.10. The number of ether oxygens (including phenoxy) is 1. The summed E-state index contributed by atoms with van der Waals surface area (Å²) >= 11 is 1.84. The molecule has 0 aromatic heterocycles. The van der Waals surface area contributed by atoms with E-state index >= 15 is 0 Å². The standard InChI is InChI=1S/C12H13NOS/c13-6-11(9-15-12-7-14-8-12)10-4-2-1-3-5-10/h1-5,11-12H,7-9H2. The first kappa shape index (κ1) is 10.5. The number of hydrogen-bond acceptors (Lipinski definition) is 3. The quantitative estimate of drug-likeness (QED) is 0.779. The summed E-state index contributed by atoms with van der Waals surface area (Å²) in [6.45, 7) is 1.69. The van der Waals surface area contributed by atoms with Gasteiger partial charge in [0.15, 0.2) is 0 Å². The second-order valence-electron chi connectivity index (χ2n) is 3.59. The molecule has 0 saturated carbocycles. The van der Waals surface area contributed by atoms with Crippen molar-refractivity contribution in [1.82, 2.24) is 0 Å². The van der Waals surface area contributed by atoms with E-state index in [4.69, 9.17) is 10.00 Å². The van der Waals surface area contributed by atoms with Crippen LogP contribution in [0, 0.1) is 11.3 Å². The van der Waals surface area contributed by atoms with E-state index in [1.54, 1.807) is 0 Å². The molecule has 1 saturated heterocycles. The Labute approximate surface area is 94.2 Å². The van der Waals surface area contributed by atoms with Crippen molar-refractivity contribution < 1.29 is 4.74 Å². The lowest BCUT2D eigenvalue weighted by molar-refractivity contribution is 0.0455. The second-order valence-corrected chi connectivity index (χ2v) is 4.92. The zero-order valence-electron chi connectivity index (χ0n) is 8.43. The van der Waals surface area contributed by atoms with Crippen molar-refractivity contribution in [1.29, 1.82) is 5.26 Å². The first-order valence-electron chi connectivity index (χ1n) is 5.04. The Morgan fingerprint density at radius 1 is 1.40 bits per heavy atom. The molecule has 0 amide bonds. The van der Waals surface area contributed by atoms with E-state index in [0.717, 1.165) is 24.5 Å². The molecule has 0 radical (unpaired) electrons. The van der Waals surface area contributed by atoms with Crippen molar-refractivity contribution >= 4 is 11.8 Å². The van der Waals surface area contributed by atoms with E-state index in [0.29, 0.717) is 5.25 Å². The van der Waals surface area contributed by atoms with Crippen LogP contribution in [0.2, 0.25) is 0 Å². The van der Waals surface area contributed by atoms with E-state index in [-0.39, 0.29) is 5.92 Å². The summed E-state index contributed by atoms with van der Waals surface area (Å²) in [5.74, 6) is 0.881. The van der Waals surface area contributed by atoms with Crippen molar-refractivity contribution in [2.24, 2.45) is 0 Å². The highest BCUT2D eigenvalue weighted by Crippen LogP contribution is 2.26. The summed E-state index contributed by atoms with van der Waals surface area (Å²) in [5, 5.41) is 9.69. The van der Waals surface area contributed by atoms with Gasteiger partial charge in [0.05, 0.1) is 30.5 Å². The molecule has 3 heteroatoms. The fourth-order valence-corrected chi connectivity index (χ4v) is 2.55. The fraction of sp³-hybridized carbons (Fsp3) is 0.417. The third-order valence-corrected chi connectivity index (χ3v) is 3.73. The molecule has 1 aliphatic heterocycles. The minimum Gasteiger partial charge on any atom is -0.379 e. The smallest absolute Gasteiger partial charge is 0.0803 e. The van der Waals surface area contributed by atoms with Crippen LogP contribution in [0.4, 0.5) is 0 Å². The summed E-state index contributed by atoms with van der Waals surface area (Å²) in [4.78, 5) is 0. The van der Waals surface area contributed by atoms with Gasteiger partial charge in [-0.2, -0.15) is 17.0 Å². The molecule has 15 heavy (non-hydrogen) atoms. The van der Waals surface area contributed by atoms with Gasteiger partial charge in [-0.3, -0.25) is 0 Å². The van der Waals surface area contributed by atoms with Gasteiger partial charge in [-0.1, -0.05) is 30.3 Å². The summed E-state index contributed by atoms with van der Waals surface area (Å²) in [6.07, 6.45) is 0. The van der Waals surface area contributed by atoms with Crippen LogP contribution in [0.25, 0.3) is 0 Å². The maximum atomic E-state index is 9.09. The maximum Gasteiger partial charge on any atom is 0.0803 e. The van der Waals surface area contributed by atoms with E-state index in [1.807, 2.05) is 42.1 Å². The van der Waals surface area contributed by atoms with Gasteiger partial charge in [0.25, 0.3) is 0 Å². The van der Waals surface area contributed by atoms with Crippen LogP contribution in [-0.4, -0.2) is 24.2 Å². The average Bonchev–Trinajstić information content (AvgIpc) is 2.23. The van der Waals surface area contributed by atoms with Crippen molar-refractivity contribution in [2.45, 2.75) is 11.2 Å². The van der Waals surface area contributed by atoms with Crippen LogP contribution in [0.5, 0.6) is 0 Å². The van der Waals surface area contributed by atoms with Crippen LogP contribution in [0.3, 0.4) is 0 Å². The lowest BCUT2D eigenvalue weighted by Gasteiger charge is -2.26. The third kappa shape index (κ3) is 2.74. The van der Waals surface area contributed by atoms with Crippen molar-refractivity contribution in [2.75, 3.05) is 19.0 Å². The molecule has 2 nitrogen and oxygen atoms in total. The number of hydrogen-bond donors (Lipinski definition) is 0. The van der Waals surface area contributed by atoms with Gasteiger partial charge in [-0.15, -0.1) is 0 Å². The summed E-state index contributed by atoms with van der Waals surface area (Å²) in [5.41, 5.74) is 1.12. The topological polar surface area (TPSA) is 33.0 Å². The molecule has 1 aromatic carbocycles. The Balaban J connectivity index is 1.90. The molecular weight excluding hydrogens is 206 g/mol. The van der Waals surface area contributed by atoms with Crippen molar-refractivity contribution in [3.63, 3.8) is 0 Å². The molecule has 1 atom stereocenters. The van der Waals surface area contributed by atoms with Crippen molar-refractivity contribution in [3.05, 3.63) is 35.9 Å². The third-order valence-electron chi connectivity index (χ3n) is 2.46. The van der Waals surface area contributed by atoms with Crippen LogP contribution >= 0.6 is 11.8 Å². The number of thioether (sulfide) groups is 1. The SMILES string of the molecule is N#CC(CSC1COC1)c1ccccc1. The minimum absolute atomic E-state index is 0.0109. The summed E-state index contributed by atoms with van der Waals surface area (Å²) in [7, 11) is 0. The second kappa shape index (κ2) is 5.20. The zero-order chi connectivity index (χ0) is 10.5. The highest BCUT2D eigenvalue weighted by Gasteiger charge is 2.21. The lowest BCUT2D eigenvalue weighted by Crippen LogP contribution is -2.31. The molecule has 2 rings (SSSR count). The van der Waals surface area contributed by atoms with Crippen LogP contribution in [0.15, 0.2) is 30.3 Å². The van der Waals surface area contributed by atoms with Gasteiger partial charge in [-0.25, -0.2) is 0 Å². The molecular formula is C12H13NOS. The van der Waals surface area contributed by atoms with Crippen LogP contribution < -0.4 is 0 Å². The maximum absolute atomic E-state index is 9.09. The highest BCUT2D eigenvalue weighted by atomic mass is 32.2. The van der Waals surface area contributed by atoms with Gasteiger partial charge in [0.1, 0.15) is 0 Å². The molecule has 1 unspecified atom stereocenters. The Morgan fingerprint density at radius 3 is 2.67 bits per heavy atom. The molecule has 78 valence electrons. The van der Waals surface area contributed by atoms with E-state index in [2.05, 4.69) is 6.07 Å². The van der Waals surface area contributed by atoms with E-state index < -0.39 is 0 Å². The molecule has 0 bridgehead atoms. The Hall–Kier alpha value is -0.980. The van der Waals surface area contributed by atoms with E-state index in [9.17, 15) is 0 Å². The normalized spacial score (nSPS) is 17.8. The monoisotopic (exact) mass is 219 g/mol. The molecule has 1 fully saturated rings. The Morgan fingerprint density at radius 2 is 2.13 bits per heavy atom. The van der Waals surface area contributed by atoms with Gasteiger partial charge in [0.2, 0.25) is 0 Å². The average molecular weight is 219 g/mol. The Kier molecular flexibility index (Phi) is 3.65. The van der Waals surface area contributed by atoms with Crippen molar-refractivity contribution in [3.8, 4) is 6.07 Å². The first-order valence-corrected chi connectivity index (χ1v) is 6.09. The van der Waals surface area contributed by atoms with Gasteiger partial charge >= 0.3 is 0 Å². The molecule has 0 spiro atoms. The lowest BCUT2D eigenvalue weighted by atomic mass is 10.0. The minimum atomic E-state index is 0.0109. The first-order chi connectivity index (χ1) is 7.40. The highest BCUT2D eigenvalue weighted by molar-refractivity contribution is 8.00. The molecule has 0 N–H and O–H groups in total. The number of nitrogens with zero attached hydrogens (tertiary/aromatic N) is 1. The van der Waals surface area contributed by atoms with E-state index in [1.165, 1.54) is 0 Å². The van der Waals surface area contributed by atoms with Crippen LogP contribution in [-0.2, 0) is 4.74 Å². The fourth-order valence-electron chi connectivity index (χ4n) is 1.44. The number of benzene rings is 1. The van der Waals surface area contributed by atoms with Gasteiger partial charge in [-0.05, 0) is 5.56 Å². The molecule has 1 aromatic rings. The zero-order valence-corrected chi connectivity index (χ0v) is 9.24. The number of rotatable bonds is 4. The predicted molar refractivity (Wildman–Crippen MR) is 61.9 cm³/mol.